The highest BCUT2D eigenvalue weighted by atomic mass is 35.6. The minimum atomic E-state index is -5.81. The molecule has 0 atom stereocenters. The van der Waals surface area contributed by atoms with Crippen LogP contribution in [0.15, 0.2) is 115 Å². The molecule has 65 heavy (non-hydrogen) atoms. The first-order valence-corrected chi connectivity index (χ1v) is 22.8. The van der Waals surface area contributed by atoms with Crippen molar-refractivity contribution in [2.75, 3.05) is 0 Å². The zero-order chi connectivity index (χ0) is 47.7. The number of hydrogen-bond acceptors (Lipinski definition) is 0. The summed E-state index contributed by atoms with van der Waals surface area (Å²) >= 11 is 6.64. The van der Waals surface area contributed by atoms with E-state index in [1.807, 2.05) is 0 Å². The summed E-state index contributed by atoms with van der Waals surface area (Å²) < 4.78 is 225. The Hall–Kier alpha value is -6.07. The molecule has 18 heteroatoms. The van der Waals surface area contributed by atoms with Gasteiger partial charge in [-0.15, -0.1) is 16.4 Å². The zero-order valence-corrected chi connectivity index (χ0v) is 35.3. The van der Waals surface area contributed by atoms with E-state index in [2.05, 4.69) is 91.0 Å². The van der Waals surface area contributed by atoms with Crippen LogP contribution < -0.4 is 27.0 Å². The van der Waals surface area contributed by atoms with Gasteiger partial charge < -0.3 is 0 Å². The van der Waals surface area contributed by atoms with Crippen molar-refractivity contribution in [2.45, 2.75) is 25.9 Å². The summed E-state index contributed by atoms with van der Waals surface area (Å²) in [6.45, 7) is 3.23. The van der Waals surface area contributed by atoms with Crippen LogP contribution in [0.4, 0.5) is 65.9 Å². The molecule has 0 nitrogen and oxygen atoms in total. The lowest BCUT2D eigenvalue weighted by Gasteiger charge is -2.45. The zero-order valence-electron chi connectivity index (χ0n) is 33.5. The Morgan fingerprint density at radius 1 is 0.354 bits per heavy atom. The Labute approximate surface area is 367 Å². The molecule has 0 bridgehead atoms. The van der Waals surface area contributed by atoms with Gasteiger partial charge >= 0.3 is 0 Å². The second-order valence-electron chi connectivity index (χ2n) is 14.6. The lowest BCUT2D eigenvalue weighted by molar-refractivity contribution is 0.380. The second-order valence-corrected chi connectivity index (χ2v) is 20.7. The van der Waals surface area contributed by atoms with Crippen molar-refractivity contribution in [3.63, 3.8) is 0 Å². The van der Waals surface area contributed by atoms with E-state index in [1.54, 1.807) is 13.8 Å². The number of halogens is 16. The molecule has 7 aromatic rings. The van der Waals surface area contributed by atoms with E-state index in [1.165, 1.54) is 22.6 Å². The normalized spacial score (nSPS) is 11.7. The summed E-state index contributed by atoms with van der Waals surface area (Å²) in [6.07, 6.45) is -5.81. The fourth-order valence-electron chi connectivity index (χ4n) is 7.98. The summed E-state index contributed by atoms with van der Waals surface area (Å²) in [6, 6.07) is 34.9. The second kappa shape index (κ2) is 19.2. The molecule has 0 radical (unpaired) electrons. The van der Waals surface area contributed by atoms with Gasteiger partial charge in [0.05, 0.1) is 22.6 Å². The topological polar surface area (TPSA) is 0 Å². The van der Waals surface area contributed by atoms with Gasteiger partial charge in [-0.3, -0.25) is 0 Å². The maximum Gasteiger partial charge on any atom is 0.200 e. The monoisotopic (exact) mass is 952 g/mol. The van der Waals surface area contributed by atoms with Gasteiger partial charge in [-0.2, -0.15) is 16.5 Å². The molecule has 0 aliphatic carbocycles. The molecule has 0 saturated carbocycles. The molecule has 0 amide bonds. The van der Waals surface area contributed by atoms with Gasteiger partial charge in [0, 0.05) is 0 Å². The van der Waals surface area contributed by atoms with Crippen molar-refractivity contribution in [1.29, 1.82) is 0 Å². The average Bonchev–Trinajstić information content (AvgIpc) is 3.33. The van der Waals surface area contributed by atoms with Crippen molar-refractivity contribution in [3.8, 4) is 0 Å². The minimum absolute atomic E-state index is 0.167. The van der Waals surface area contributed by atoms with E-state index in [0.717, 1.165) is 12.1 Å². The predicted molar refractivity (Wildman–Crippen MR) is 222 cm³/mol. The predicted octanol–water partition coefficient (Wildman–Crippen LogP) is 11.3. The van der Waals surface area contributed by atoms with Crippen molar-refractivity contribution < 1.29 is 65.9 Å². The molecule has 0 saturated heterocycles. The van der Waals surface area contributed by atoms with E-state index in [4.69, 9.17) is 11.1 Å². The third kappa shape index (κ3) is 8.28. The van der Waals surface area contributed by atoms with Crippen LogP contribution in [-0.4, -0.2) is 13.5 Å². The number of rotatable bonds is 10. The molecule has 0 N–H and O–H groups in total. The van der Waals surface area contributed by atoms with Gasteiger partial charge in [0.2, 0.25) is 0 Å². The van der Waals surface area contributed by atoms with Crippen LogP contribution in [0.3, 0.4) is 0 Å². The highest BCUT2D eigenvalue weighted by Gasteiger charge is 2.49. The lowest BCUT2D eigenvalue weighted by atomic mass is 9.12. The summed E-state index contributed by atoms with van der Waals surface area (Å²) in [4.78, 5) is 0. The van der Waals surface area contributed by atoms with Gasteiger partial charge in [0.1, 0.15) is 41.0 Å². The maximum atomic E-state index is 15.7. The van der Waals surface area contributed by atoms with Crippen molar-refractivity contribution in [3.05, 3.63) is 225 Å². The molecule has 7 rings (SSSR count). The van der Waals surface area contributed by atoms with E-state index in [-0.39, 0.29) is 17.3 Å². The van der Waals surface area contributed by atoms with Crippen molar-refractivity contribution in [2.24, 2.45) is 0 Å². The third-order valence-corrected chi connectivity index (χ3v) is 17.1. The van der Waals surface area contributed by atoms with E-state index in [0.29, 0.717) is 12.1 Å². The van der Waals surface area contributed by atoms with Crippen LogP contribution in [-0.2, 0) is 0 Å². The van der Waals surface area contributed by atoms with Crippen LogP contribution in [0.5, 0.6) is 0 Å². The molecule has 0 unspecified atom stereocenters. The standard InChI is InChI=1S/C28H14BClF15Si.C19H15/c1-3-46(30,4-2)10-7-5-9(6-8-10)29(11-14(31)20(37)26(43)21(38)15(11)32,12-16(33)22(39)27(44)23(40)17(12)34)13-18(35)24(41)28(45)25(42)19(13)36;1-4-10-16(11-5-1)19(17-12-6-2-7-13-17)18-14-8-3-9-15-18/h5-8H,3-4H2,1-2H3;1-15H/q-1;+1. The third-order valence-electron chi connectivity index (χ3n) is 11.3. The lowest BCUT2D eigenvalue weighted by Crippen LogP contribution is -2.79. The van der Waals surface area contributed by atoms with Crippen molar-refractivity contribution >= 4 is 51.6 Å². The first kappa shape index (κ1) is 48.4. The molecule has 0 spiro atoms. The fourth-order valence-corrected chi connectivity index (χ4v) is 10.4. The van der Waals surface area contributed by atoms with Gasteiger partial charge in [0.25, 0.3) is 0 Å². The maximum absolute atomic E-state index is 15.7. The van der Waals surface area contributed by atoms with Crippen LogP contribution >= 0.6 is 11.1 Å². The van der Waals surface area contributed by atoms with Crippen LogP contribution in [0, 0.1) is 93.2 Å². The van der Waals surface area contributed by atoms with Gasteiger partial charge in [0.15, 0.2) is 59.7 Å². The average molecular weight is 953 g/mol. The summed E-state index contributed by atoms with van der Waals surface area (Å²) in [5.74, 6) is -44.3. The molecule has 336 valence electrons. The van der Waals surface area contributed by atoms with Crippen LogP contribution in [0.1, 0.15) is 30.5 Å². The largest absolute Gasteiger partial charge is 0.207 e. The Kier molecular flexibility index (Phi) is 14.3. The Morgan fingerprint density at radius 2 is 0.585 bits per heavy atom. The van der Waals surface area contributed by atoms with E-state index in [9.17, 15) is 39.5 Å². The van der Waals surface area contributed by atoms with E-state index < -0.39 is 123 Å². The van der Waals surface area contributed by atoms with Gasteiger partial charge in [-0.05, 0) is 90.1 Å². The highest BCUT2D eigenvalue weighted by Crippen LogP contribution is 2.31. The molecular formula is C47H29BClF15Si. The van der Waals surface area contributed by atoms with Gasteiger partial charge in [-0.25, -0.2) is 65.9 Å². The molecular weight excluding hydrogens is 924 g/mol. The molecule has 0 aromatic heterocycles. The Balaban J connectivity index is 0.000000304. The number of hydrogen-bond donors (Lipinski definition) is 0. The summed E-state index contributed by atoms with van der Waals surface area (Å²) in [7, 11) is -3.01. The molecule has 0 aliphatic rings. The quantitative estimate of drug-likeness (QED) is 0.0244. The molecule has 0 aliphatic heterocycles. The first-order valence-electron chi connectivity index (χ1n) is 19.4. The van der Waals surface area contributed by atoms with Crippen LogP contribution in [0.25, 0.3) is 0 Å². The molecule has 7 aromatic carbocycles. The van der Waals surface area contributed by atoms with Gasteiger partial charge in [-0.1, -0.05) is 56.3 Å². The smallest absolute Gasteiger partial charge is 0.200 e. The SMILES string of the molecule is CC[Si](Cl)(CC)c1ccc([B-](c2c(F)c(F)c(F)c(F)c2F)(c2c(F)c(F)c(F)c(F)c2F)c2c(F)c(F)c(F)c(F)c2F)cc1.c1ccc([C+](c2ccccc2)c2ccccc2)cc1. The summed E-state index contributed by atoms with van der Waals surface area (Å²) in [5.41, 5.74) is -5.71. The fraction of sp³-hybridized carbons (Fsp3) is 0.0851. The molecule has 0 heterocycles. The minimum Gasteiger partial charge on any atom is -0.207 e. The van der Waals surface area contributed by atoms with E-state index >= 15 is 26.3 Å². The van der Waals surface area contributed by atoms with Crippen molar-refractivity contribution in [1.82, 2.24) is 0 Å². The molecule has 0 fully saturated rings. The summed E-state index contributed by atoms with van der Waals surface area (Å²) in [5, 5.41) is 0.167. The Morgan fingerprint density at radius 3 is 0.815 bits per heavy atom. The van der Waals surface area contributed by atoms with Crippen LogP contribution in [0.2, 0.25) is 12.1 Å². The Bertz CT molecular complexity index is 2520. The number of benzene rings is 7. The highest BCUT2D eigenvalue weighted by molar-refractivity contribution is 7.27. The first-order chi connectivity index (χ1) is 30.8.